The van der Waals surface area contributed by atoms with Crippen LogP contribution in [-0.2, 0) is 4.79 Å². The molecule has 0 aliphatic carbocycles. The summed E-state index contributed by atoms with van der Waals surface area (Å²) in [6, 6.07) is 7.39. The lowest BCUT2D eigenvalue weighted by atomic mass is 10.0. The third-order valence-electron chi connectivity index (χ3n) is 1.98. The molecule has 0 saturated carbocycles. The quantitative estimate of drug-likeness (QED) is 0.687. The molecular formula is C10H9N3O. The van der Waals surface area contributed by atoms with Crippen molar-refractivity contribution in [2.45, 2.75) is 0 Å². The van der Waals surface area contributed by atoms with Crippen molar-refractivity contribution in [1.82, 2.24) is 0 Å². The monoisotopic (exact) mass is 187 g/mol. The molecule has 0 saturated heterocycles. The Balaban J connectivity index is 2.59. The highest BCUT2D eigenvalue weighted by atomic mass is 16.1. The number of anilines is 1. The van der Waals surface area contributed by atoms with Crippen LogP contribution < -0.4 is 11.2 Å². The smallest absolute Gasteiger partial charge is 0.249 e. The molecule has 70 valence electrons. The summed E-state index contributed by atoms with van der Waals surface area (Å²) in [5.41, 5.74) is 10.1. The molecule has 0 radical (unpaired) electrons. The van der Waals surface area contributed by atoms with E-state index in [4.69, 9.17) is 5.73 Å². The van der Waals surface area contributed by atoms with E-state index >= 15 is 0 Å². The molecule has 1 aliphatic rings. The summed E-state index contributed by atoms with van der Waals surface area (Å²) in [5.74, 6) is -0.451. The molecule has 1 aliphatic heterocycles. The number of allylic oxidation sites excluding steroid dienone is 1. The van der Waals surface area contributed by atoms with Crippen molar-refractivity contribution in [2.24, 2.45) is 10.8 Å². The second-order valence-corrected chi connectivity index (χ2v) is 2.88. The number of carbonyl (C=O) groups excluding carboxylic acids is 1. The van der Waals surface area contributed by atoms with Crippen molar-refractivity contribution >= 4 is 23.4 Å². The molecule has 0 bridgehead atoms. The van der Waals surface area contributed by atoms with Crippen LogP contribution in [0.4, 0.5) is 5.69 Å². The van der Waals surface area contributed by atoms with Gasteiger partial charge in [-0.05, 0) is 12.1 Å². The average Bonchev–Trinajstić information content (AvgIpc) is 2.39. The van der Waals surface area contributed by atoms with E-state index in [-0.39, 0.29) is 0 Å². The summed E-state index contributed by atoms with van der Waals surface area (Å²) in [4.78, 5) is 11.1. The molecule has 1 aromatic rings. The molecule has 14 heavy (non-hydrogen) atoms. The zero-order valence-electron chi connectivity index (χ0n) is 7.40. The first kappa shape index (κ1) is 8.50. The van der Waals surface area contributed by atoms with Gasteiger partial charge in [0.05, 0.1) is 11.3 Å². The summed E-state index contributed by atoms with van der Waals surface area (Å²) in [5, 5.41) is 3.89. The van der Waals surface area contributed by atoms with Gasteiger partial charge in [0.25, 0.3) is 0 Å². The molecule has 0 spiro atoms. The number of hydrazone groups is 1. The van der Waals surface area contributed by atoms with Crippen LogP contribution in [0.15, 0.2) is 35.4 Å². The third-order valence-corrected chi connectivity index (χ3v) is 1.98. The minimum absolute atomic E-state index is 0.451. The van der Waals surface area contributed by atoms with Gasteiger partial charge in [0.1, 0.15) is 0 Å². The number of carbonyl (C=O) groups is 1. The normalized spacial score (nSPS) is 13.6. The fourth-order valence-corrected chi connectivity index (χ4v) is 1.34. The Morgan fingerprint density at radius 3 is 2.93 bits per heavy atom. The molecule has 3 N–H and O–H groups in total. The molecule has 0 unspecified atom stereocenters. The predicted molar refractivity (Wildman–Crippen MR) is 55.7 cm³/mol. The number of amides is 1. The van der Waals surface area contributed by atoms with Gasteiger partial charge in [-0.2, -0.15) is 5.10 Å². The maximum atomic E-state index is 11.1. The number of nitrogens with zero attached hydrogens (tertiary/aromatic N) is 1. The lowest BCUT2D eigenvalue weighted by Crippen LogP contribution is -2.13. The summed E-state index contributed by atoms with van der Waals surface area (Å²) >= 11 is 0. The molecule has 4 heteroatoms. The van der Waals surface area contributed by atoms with Crippen molar-refractivity contribution in [3.8, 4) is 0 Å². The minimum Gasteiger partial charge on any atom is -0.366 e. The van der Waals surface area contributed by atoms with E-state index in [1.54, 1.807) is 6.08 Å². The Morgan fingerprint density at radius 1 is 1.36 bits per heavy atom. The van der Waals surface area contributed by atoms with E-state index in [2.05, 4.69) is 10.5 Å². The van der Waals surface area contributed by atoms with Gasteiger partial charge in [0, 0.05) is 11.8 Å². The third kappa shape index (κ3) is 1.37. The number of benzene rings is 1. The molecule has 0 fully saturated rings. The minimum atomic E-state index is -0.451. The van der Waals surface area contributed by atoms with Gasteiger partial charge in [-0.15, -0.1) is 0 Å². The van der Waals surface area contributed by atoms with Gasteiger partial charge in [0.2, 0.25) is 5.91 Å². The molecule has 1 heterocycles. The highest BCUT2D eigenvalue weighted by Gasteiger charge is 2.12. The first-order chi connectivity index (χ1) is 6.79. The van der Waals surface area contributed by atoms with E-state index in [1.165, 1.54) is 6.21 Å². The van der Waals surface area contributed by atoms with Gasteiger partial charge in [0.15, 0.2) is 0 Å². The summed E-state index contributed by atoms with van der Waals surface area (Å²) in [7, 11) is 0. The largest absolute Gasteiger partial charge is 0.366 e. The first-order valence-electron chi connectivity index (χ1n) is 4.17. The Morgan fingerprint density at radius 2 is 2.14 bits per heavy atom. The van der Waals surface area contributed by atoms with Crippen LogP contribution in [0, 0.1) is 0 Å². The standard InChI is InChI=1S/C10H9N3O/c11-10(14)8-5-6-12-13-9-4-2-1-3-7(8)9/h1-6,13H,(H2,11,14). The van der Waals surface area contributed by atoms with E-state index < -0.39 is 5.91 Å². The van der Waals surface area contributed by atoms with Gasteiger partial charge >= 0.3 is 0 Å². The first-order valence-corrected chi connectivity index (χ1v) is 4.17. The Kier molecular flexibility index (Phi) is 2.02. The average molecular weight is 187 g/mol. The van der Waals surface area contributed by atoms with Crippen molar-refractivity contribution in [3.63, 3.8) is 0 Å². The van der Waals surface area contributed by atoms with Crippen LogP contribution in [0.5, 0.6) is 0 Å². The number of nitrogens with two attached hydrogens (primary N) is 1. The van der Waals surface area contributed by atoms with Gasteiger partial charge in [-0.1, -0.05) is 18.2 Å². The van der Waals surface area contributed by atoms with Crippen LogP contribution in [0.1, 0.15) is 5.56 Å². The lowest BCUT2D eigenvalue weighted by Gasteiger charge is -2.06. The van der Waals surface area contributed by atoms with Crippen molar-refractivity contribution < 1.29 is 4.79 Å². The van der Waals surface area contributed by atoms with Crippen molar-refractivity contribution in [3.05, 3.63) is 35.9 Å². The molecule has 1 aromatic carbocycles. The zero-order chi connectivity index (χ0) is 9.97. The summed E-state index contributed by atoms with van der Waals surface area (Å²) < 4.78 is 0. The van der Waals surface area contributed by atoms with Gasteiger partial charge in [-0.3, -0.25) is 10.2 Å². The SMILES string of the molecule is NC(=O)C1=CC=NNc2ccccc21. The highest BCUT2D eigenvalue weighted by molar-refractivity contribution is 6.23. The van der Waals surface area contributed by atoms with Crippen molar-refractivity contribution in [2.75, 3.05) is 5.43 Å². The molecule has 0 aromatic heterocycles. The topological polar surface area (TPSA) is 67.5 Å². The fraction of sp³-hybridized carbons (Fsp3) is 0. The van der Waals surface area contributed by atoms with Gasteiger partial charge in [-0.25, -0.2) is 0 Å². The predicted octanol–water partition coefficient (Wildman–Crippen LogP) is 0.967. The zero-order valence-corrected chi connectivity index (χ0v) is 7.40. The van der Waals surface area contributed by atoms with Crippen molar-refractivity contribution in [1.29, 1.82) is 0 Å². The number of hydrogen-bond acceptors (Lipinski definition) is 3. The Labute approximate surface area is 81.1 Å². The van der Waals surface area contributed by atoms with Crippen LogP contribution in [0.25, 0.3) is 5.57 Å². The molecular weight excluding hydrogens is 178 g/mol. The van der Waals surface area contributed by atoms with E-state index in [0.717, 1.165) is 11.3 Å². The van der Waals surface area contributed by atoms with E-state index in [1.807, 2.05) is 24.3 Å². The summed E-state index contributed by atoms with van der Waals surface area (Å²) in [6.45, 7) is 0. The Bertz CT molecular complexity index is 435. The maximum Gasteiger partial charge on any atom is 0.249 e. The fourth-order valence-electron chi connectivity index (χ4n) is 1.34. The van der Waals surface area contributed by atoms with Gasteiger partial charge < -0.3 is 5.73 Å². The number of fused-ring (bicyclic) bond motifs is 1. The molecule has 0 atom stereocenters. The number of para-hydroxylation sites is 1. The number of rotatable bonds is 1. The number of nitrogens with one attached hydrogen (secondary N) is 1. The maximum absolute atomic E-state index is 11.1. The van der Waals surface area contributed by atoms with Crippen LogP contribution in [0.2, 0.25) is 0 Å². The molecule has 4 nitrogen and oxygen atoms in total. The summed E-state index contributed by atoms with van der Waals surface area (Å²) in [6.07, 6.45) is 3.11. The van der Waals surface area contributed by atoms with Crippen LogP contribution in [-0.4, -0.2) is 12.1 Å². The van der Waals surface area contributed by atoms with E-state index in [9.17, 15) is 4.79 Å². The second-order valence-electron chi connectivity index (χ2n) is 2.88. The van der Waals surface area contributed by atoms with E-state index in [0.29, 0.717) is 5.57 Å². The second kappa shape index (κ2) is 3.33. The molecule has 2 rings (SSSR count). The van der Waals surface area contributed by atoms with Crippen LogP contribution in [0.3, 0.4) is 0 Å². The lowest BCUT2D eigenvalue weighted by molar-refractivity contribution is -0.112. The number of hydrogen-bond donors (Lipinski definition) is 2. The number of primary amides is 1. The highest BCUT2D eigenvalue weighted by Crippen LogP contribution is 2.24. The Hall–Kier alpha value is -2.10. The molecule has 1 amide bonds. The van der Waals surface area contributed by atoms with Crippen LogP contribution >= 0.6 is 0 Å².